The molecule has 4 N–H and O–H groups in total. The molecule has 1 heterocycles. The van der Waals surface area contributed by atoms with Crippen LogP contribution in [0.2, 0.25) is 0 Å². The van der Waals surface area contributed by atoms with Gasteiger partial charge in [-0.1, -0.05) is 24.3 Å². The Morgan fingerprint density at radius 3 is 2.94 bits per heavy atom. The van der Waals surface area contributed by atoms with Crippen LogP contribution in [0, 0.1) is 5.92 Å². The fraction of sp³-hybridized carbons (Fsp3) is 0.538. The Hall–Kier alpha value is -0.900. The standard InChI is InChI=1S/C13H20N2O/c14-7-5-10-3-1-2-4-12(10)13(16)11-6-8-15-9-11/h1-4,11,13,15-16H,5-9,14H2. The Kier molecular flexibility index (Phi) is 3.93. The van der Waals surface area contributed by atoms with E-state index in [9.17, 15) is 5.11 Å². The highest BCUT2D eigenvalue weighted by Crippen LogP contribution is 2.28. The van der Waals surface area contributed by atoms with Gasteiger partial charge in [0.2, 0.25) is 0 Å². The summed E-state index contributed by atoms with van der Waals surface area (Å²) in [5.74, 6) is 0.346. The molecule has 16 heavy (non-hydrogen) atoms. The number of nitrogens with two attached hydrogens (primary N) is 1. The van der Waals surface area contributed by atoms with Crippen LogP contribution in [-0.4, -0.2) is 24.7 Å². The Labute approximate surface area is 96.7 Å². The van der Waals surface area contributed by atoms with Crippen LogP contribution in [0.15, 0.2) is 24.3 Å². The van der Waals surface area contributed by atoms with Gasteiger partial charge in [0.1, 0.15) is 0 Å². The van der Waals surface area contributed by atoms with Crippen LogP contribution in [0.5, 0.6) is 0 Å². The van der Waals surface area contributed by atoms with Gasteiger partial charge < -0.3 is 16.2 Å². The van der Waals surface area contributed by atoms with E-state index in [0.717, 1.165) is 31.5 Å². The van der Waals surface area contributed by atoms with Crippen molar-refractivity contribution in [3.8, 4) is 0 Å². The Morgan fingerprint density at radius 2 is 2.25 bits per heavy atom. The van der Waals surface area contributed by atoms with Crippen LogP contribution in [-0.2, 0) is 6.42 Å². The molecule has 0 amide bonds. The molecule has 0 aromatic heterocycles. The lowest BCUT2D eigenvalue weighted by atomic mass is 9.91. The van der Waals surface area contributed by atoms with E-state index in [0.29, 0.717) is 12.5 Å². The van der Waals surface area contributed by atoms with E-state index in [4.69, 9.17) is 5.73 Å². The number of nitrogens with one attached hydrogen (secondary N) is 1. The monoisotopic (exact) mass is 220 g/mol. The summed E-state index contributed by atoms with van der Waals surface area (Å²) in [4.78, 5) is 0. The minimum atomic E-state index is -0.349. The first-order valence-corrected chi connectivity index (χ1v) is 5.99. The fourth-order valence-corrected chi connectivity index (χ4v) is 2.41. The molecule has 0 saturated carbocycles. The summed E-state index contributed by atoms with van der Waals surface area (Å²) in [7, 11) is 0. The molecule has 0 radical (unpaired) electrons. The molecule has 0 bridgehead atoms. The largest absolute Gasteiger partial charge is 0.388 e. The minimum Gasteiger partial charge on any atom is -0.388 e. The molecule has 1 aliphatic rings. The highest BCUT2D eigenvalue weighted by atomic mass is 16.3. The Morgan fingerprint density at radius 1 is 1.44 bits per heavy atom. The smallest absolute Gasteiger partial charge is 0.0833 e. The third kappa shape index (κ3) is 2.43. The third-order valence-corrected chi connectivity index (χ3v) is 3.33. The quantitative estimate of drug-likeness (QED) is 0.704. The lowest BCUT2D eigenvalue weighted by Crippen LogP contribution is -2.18. The summed E-state index contributed by atoms with van der Waals surface area (Å²) in [6.07, 6.45) is 1.55. The summed E-state index contributed by atoms with van der Waals surface area (Å²) in [6, 6.07) is 8.08. The fourth-order valence-electron chi connectivity index (χ4n) is 2.41. The van der Waals surface area contributed by atoms with Crippen LogP contribution >= 0.6 is 0 Å². The molecule has 1 saturated heterocycles. The molecule has 2 atom stereocenters. The number of rotatable bonds is 4. The van der Waals surface area contributed by atoms with Crippen molar-refractivity contribution >= 4 is 0 Å². The van der Waals surface area contributed by atoms with Gasteiger partial charge in [0.25, 0.3) is 0 Å². The van der Waals surface area contributed by atoms with E-state index in [1.165, 1.54) is 5.56 Å². The van der Waals surface area contributed by atoms with Gasteiger partial charge in [-0.25, -0.2) is 0 Å². The summed E-state index contributed by atoms with van der Waals surface area (Å²) >= 11 is 0. The van der Waals surface area contributed by atoms with Crippen LogP contribution in [0.1, 0.15) is 23.7 Å². The zero-order valence-corrected chi connectivity index (χ0v) is 9.52. The van der Waals surface area contributed by atoms with Crippen molar-refractivity contribution in [1.29, 1.82) is 0 Å². The van der Waals surface area contributed by atoms with Crippen LogP contribution in [0.4, 0.5) is 0 Å². The summed E-state index contributed by atoms with van der Waals surface area (Å²) < 4.78 is 0. The van der Waals surface area contributed by atoms with Gasteiger partial charge in [0.05, 0.1) is 6.10 Å². The van der Waals surface area contributed by atoms with E-state index < -0.39 is 0 Å². The molecule has 0 aliphatic carbocycles. The zero-order chi connectivity index (χ0) is 11.4. The van der Waals surface area contributed by atoms with Crippen molar-refractivity contribution in [2.45, 2.75) is 18.9 Å². The van der Waals surface area contributed by atoms with Gasteiger partial charge in [-0.3, -0.25) is 0 Å². The van der Waals surface area contributed by atoms with Crippen molar-refractivity contribution in [3.63, 3.8) is 0 Å². The van der Waals surface area contributed by atoms with Crippen LogP contribution in [0.25, 0.3) is 0 Å². The molecule has 1 aromatic carbocycles. The van der Waals surface area contributed by atoms with E-state index in [-0.39, 0.29) is 6.10 Å². The average molecular weight is 220 g/mol. The molecule has 88 valence electrons. The van der Waals surface area contributed by atoms with Gasteiger partial charge in [-0.05, 0) is 37.1 Å². The molecular weight excluding hydrogens is 200 g/mol. The van der Waals surface area contributed by atoms with Gasteiger partial charge in [-0.15, -0.1) is 0 Å². The van der Waals surface area contributed by atoms with E-state index in [2.05, 4.69) is 11.4 Å². The van der Waals surface area contributed by atoms with Gasteiger partial charge >= 0.3 is 0 Å². The number of aliphatic hydroxyl groups excluding tert-OH is 1. The maximum Gasteiger partial charge on any atom is 0.0833 e. The molecular formula is C13H20N2O. The van der Waals surface area contributed by atoms with Gasteiger partial charge in [0.15, 0.2) is 0 Å². The number of hydrogen-bond donors (Lipinski definition) is 3. The van der Waals surface area contributed by atoms with Crippen molar-refractivity contribution in [2.24, 2.45) is 11.7 Å². The lowest BCUT2D eigenvalue weighted by Gasteiger charge is -2.20. The second-order valence-corrected chi connectivity index (χ2v) is 4.44. The molecule has 2 unspecified atom stereocenters. The first-order chi connectivity index (χ1) is 7.83. The lowest BCUT2D eigenvalue weighted by molar-refractivity contribution is 0.117. The van der Waals surface area contributed by atoms with Crippen LogP contribution in [0.3, 0.4) is 0 Å². The number of aliphatic hydroxyl groups is 1. The minimum absolute atomic E-state index is 0.346. The van der Waals surface area contributed by atoms with Gasteiger partial charge in [-0.2, -0.15) is 0 Å². The maximum atomic E-state index is 10.3. The van der Waals surface area contributed by atoms with Crippen molar-refractivity contribution in [1.82, 2.24) is 5.32 Å². The molecule has 0 spiro atoms. The molecule has 3 nitrogen and oxygen atoms in total. The summed E-state index contributed by atoms with van der Waals surface area (Å²) in [5.41, 5.74) is 7.83. The molecule has 1 fully saturated rings. The third-order valence-electron chi connectivity index (χ3n) is 3.33. The van der Waals surface area contributed by atoms with Crippen molar-refractivity contribution in [3.05, 3.63) is 35.4 Å². The topological polar surface area (TPSA) is 58.3 Å². The average Bonchev–Trinajstić information content (AvgIpc) is 2.83. The first-order valence-electron chi connectivity index (χ1n) is 5.99. The van der Waals surface area contributed by atoms with Gasteiger partial charge in [0, 0.05) is 12.5 Å². The SMILES string of the molecule is NCCc1ccccc1C(O)C1CCNC1. The number of benzene rings is 1. The summed E-state index contributed by atoms with van der Waals surface area (Å²) in [6.45, 7) is 2.56. The second kappa shape index (κ2) is 5.43. The Bertz CT molecular complexity index is 334. The first kappa shape index (κ1) is 11.6. The summed E-state index contributed by atoms with van der Waals surface area (Å²) in [5, 5.41) is 13.6. The predicted molar refractivity (Wildman–Crippen MR) is 65.1 cm³/mol. The van der Waals surface area contributed by atoms with E-state index in [1.54, 1.807) is 0 Å². The van der Waals surface area contributed by atoms with Crippen molar-refractivity contribution in [2.75, 3.05) is 19.6 Å². The van der Waals surface area contributed by atoms with Crippen LogP contribution < -0.4 is 11.1 Å². The predicted octanol–water partition coefficient (Wildman–Crippen LogP) is 0.831. The highest BCUT2D eigenvalue weighted by Gasteiger charge is 2.25. The molecule has 1 aromatic rings. The molecule has 3 heteroatoms. The van der Waals surface area contributed by atoms with Crippen molar-refractivity contribution < 1.29 is 5.11 Å². The van der Waals surface area contributed by atoms with E-state index in [1.807, 2.05) is 18.2 Å². The van der Waals surface area contributed by atoms with E-state index >= 15 is 0 Å². The molecule has 2 rings (SSSR count). The Balaban J connectivity index is 2.17. The molecule has 1 aliphatic heterocycles. The second-order valence-electron chi connectivity index (χ2n) is 4.44. The highest BCUT2D eigenvalue weighted by molar-refractivity contribution is 5.30. The number of hydrogen-bond acceptors (Lipinski definition) is 3. The maximum absolute atomic E-state index is 10.3. The normalized spacial score (nSPS) is 22.2. The zero-order valence-electron chi connectivity index (χ0n) is 9.52.